The number of carbonyl (C=O) groups excluding carboxylic acids is 2. The number of rotatable bonds is 26. The van der Waals surface area contributed by atoms with Crippen LogP contribution in [0, 0.1) is 30.1 Å². The molecule has 6 unspecified atom stereocenters. The fraction of sp³-hybridized carbons (Fsp3) is 0.744. The number of hydrogen-bond acceptors (Lipinski definition) is 18. The number of halogens is 1. The highest BCUT2D eigenvalue weighted by molar-refractivity contribution is 5.81. The highest BCUT2D eigenvalue weighted by Gasteiger charge is 2.36. The van der Waals surface area contributed by atoms with E-state index >= 15 is 0 Å². The Hall–Kier alpha value is -4.76. The standard InChI is InChI=1S/C43H72N16O6.ClH/c1-8-20-63-22-24-65-25-23-64-21-11-46-41-47-42(56-16-12-54(13-17-56)39(61)37(31(6)9-2)58-27-35(50-52-58)33(44)26-30(4)5)49-43(48-41)57-18-14-55(15-19-57)40(62)38(32(7)10-3)59-28-36(51-53-59)34(45)29-60;/h1,27-28,30-34,37-38,60H,9-26,29,44-45H2,2-7H3,(H,46,47,48,49);1H/p-1. The third-order valence-corrected chi connectivity index (χ3v) is 12.0. The van der Waals surface area contributed by atoms with Crippen molar-refractivity contribution in [3.63, 3.8) is 0 Å². The Morgan fingerprint density at radius 2 is 1.18 bits per heavy atom. The average Bonchev–Trinajstić information content (AvgIpc) is 4.01. The molecule has 23 heteroatoms. The van der Waals surface area contributed by atoms with Crippen LogP contribution in [-0.2, 0) is 23.8 Å². The topological polar surface area (TPSA) is 259 Å². The number of nitrogens with one attached hydrogen (secondary N) is 1. The lowest BCUT2D eigenvalue weighted by molar-refractivity contribution is -0.137. The van der Waals surface area contributed by atoms with Crippen molar-refractivity contribution in [2.24, 2.45) is 29.2 Å². The molecule has 6 atom stereocenters. The first-order valence-electron chi connectivity index (χ1n) is 23.1. The molecule has 0 spiro atoms. The molecule has 5 heterocycles. The summed E-state index contributed by atoms with van der Waals surface area (Å²) in [6.07, 6.45) is 11.0. The number of hydrogen-bond donors (Lipinski definition) is 4. The molecule has 3 aromatic rings. The molecule has 0 aromatic carbocycles. The Morgan fingerprint density at radius 3 is 1.62 bits per heavy atom. The van der Waals surface area contributed by atoms with E-state index in [9.17, 15) is 14.7 Å². The molecule has 5 rings (SSSR count). The summed E-state index contributed by atoms with van der Waals surface area (Å²) in [4.78, 5) is 50.8. The molecule has 0 bridgehead atoms. The molecule has 6 N–H and O–H groups in total. The molecule has 2 fully saturated rings. The van der Waals surface area contributed by atoms with Crippen molar-refractivity contribution in [2.75, 3.05) is 120 Å². The van der Waals surface area contributed by atoms with Gasteiger partial charge in [0, 0.05) is 58.9 Å². The van der Waals surface area contributed by atoms with E-state index in [1.54, 1.807) is 15.6 Å². The second-order valence-electron chi connectivity index (χ2n) is 17.2. The van der Waals surface area contributed by atoms with Crippen LogP contribution < -0.4 is 39.0 Å². The average molecular weight is 945 g/mol. The first-order chi connectivity index (χ1) is 31.4. The van der Waals surface area contributed by atoms with Crippen LogP contribution in [0.25, 0.3) is 0 Å². The van der Waals surface area contributed by atoms with Gasteiger partial charge in [0.1, 0.15) is 24.4 Å². The monoisotopic (exact) mass is 944 g/mol. The molecular formula is C43H72ClN16O6-. The molecule has 368 valence electrons. The maximum absolute atomic E-state index is 14.2. The third kappa shape index (κ3) is 14.9. The van der Waals surface area contributed by atoms with Gasteiger partial charge in [0.2, 0.25) is 29.7 Å². The van der Waals surface area contributed by atoms with Crippen molar-refractivity contribution in [2.45, 2.75) is 85.0 Å². The number of ether oxygens (including phenoxy) is 3. The van der Waals surface area contributed by atoms with E-state index in [2.05, 4.69) is 69.4 Å². The van der Waals surface area contributed by atoms with Gasteiger partial charge in [-0.3, -0.25) is 9.59 Å². The summed E-state index contributed by atoms with van der Waals surface area (Å²) in [6, 6.07) is -2.02. The largest absolute Gasteiger partial charge is 1.00 e. The van der Waals surface area contributed by atoms with Crippen LogP contribution in [0.1, 0.15) is 96.4 Å². The highest BCUT2D eigenvalue weighted by Crippen LogP contribution is 2.28. The summed E-state index contributed by atoms with van der Waals surface area (Å²) in [6.45, 7) is 18.7. The molecule has 2 saturated heterocycles. The predicted molar refractivity (Wildman–Crippen MR) is 245 cm³/mol. The van der Waals surface area contributed by atoms with Gasteiger partial charge in [0.05, 0.1) is 69.8 Å². The summed E-state index contributed by atoms with van der Waals surface area (Å²) in [5, 5.41) is 30.0. The van der Waals surface area contributed by atoms with E-state index in [0.717, 1.165) is 19.3 Å². The Bertz CT molecular complexity index is 1950. The van der Waals surface area contributed by atoms with Crippen LogP contribution in [0.2, 0.25) is 0 Å². The fourth-order valence-corrected chi connectivity index (χ4v) is 7.75. The van der Waals surface area contributed by atoms with Gasteiger partial charge in [-0.25, -0.2) is 9.36 Å². The van der Waals surface area contributed by atoms with Crippen LogP contribution >= 0.6 is 0 Å². The number of terminal acetylenes is 1. The number of aromatic nitrogens is 9. The number of carbonyl (C=O) groups is 2. The summed E-state index contributed by atoms with van der Waals surface area (Å²) >= 11 is 0. The lowest BCUT2D eigenvalue weighted by Gasteiger charge is -2.38. The second kappa shape index (κ2) is 27.2. The highest BCUT2D eigenvalue weighted by atomic mass is 35.5. The van der Waals surface area contributed by atoms with Crippen LogP contribution in [0.15, 0.2) is 12.4 Å². The molecule has 2 aliphatic heterocycles. The zero-order valence-corrected chi connectivity index (χ0v) is 40.3. The van der Waals surface area contributed by atoms with Gasteiger partial charge in [-0.2, -0.15) is 15.0 Å². The van der Waals surface area contributed by atoms with E-state index in [1.807, 2.05) is 29.8 Å². The number of amides is 2. The lowest BCUT2D eigenvalue weighted by Crippen LogP contribution is -3.00. The molecule has 0 aliphatic carbocycles. The molecular weight excluding hydrogens is 872 g/mol. The smallest absolute Gasteiger partial charge is 0.247 e. The Balaban J connectivity index is 0.00000952. The minimum absolute atomic E-state index is 0. The van der Waals surface area contributed by atoms with Crippen LogP contribution in [0.3, 0.4) is 0 Å². The van der Waals surface area contributed by atoms with Gasteiger partial charge in [-0.05, 0) is 24.2 Å². The number of anilines is 3. The van der Waals surface area contributed by atoms with Gasteiger partial charge < -0.3 is 68.1 Å². The van der Waals surface area contributed by atoms with Crippen LogP contribution in [0.4, 0.5) is 17.8 Å². The molecule has 0 radical (unpaired) electrons. The zero-order chi connectivity index (χ0) is 46.9. The third-order valence-electron chi connectivity index (χ3n) is 12.0. The quantitative estimate of drug-likeness (QED) is 0.0505. The number of nitrogens with two attached hydrogens (primary N) is 2. The van der Waals surface area contributed by atoms with Crippen molar-refractivity contribution in [1.82, 2.24) is 54.7 Å². The normalized spacial score (nSPS) is 17.2. The fourth-order valence-electron chi connectivity index (χ4n) is 7.75. The molecule has 2 aliphatic rings. The van der Waals surface area contributed by atoms with Gasteiger partial charge in [0.25, 0.3) is 0 Å². The Labute approximate surface area is 395 Å². The maximum Gasteiger partial charge on any atom is 0.247 e. The van der Waals surface area contributed by atoms with Crippen LogP contribution in [-0.4, -0.2) is 177 Å². The van der Waals surface area contributed by atoms with Crippen molar-refractivity contribution in [1.29, 1.82) is 0 Å². The number of piperazine rings is 2. The first-order valence-corrected chi connectivity index (χ1v) is 23.1. The van der Waals surface area contributed by atoms with Crippen molar-refractivity contribution < 1.29 is 41.3 Å². The molecule has 3 aromatic heterocycles. The van der Waals surface area contributed by atoms with Gasteiger partial charge in [0.15, 0.2) is 0 Å². The van der Waals surface area contributed by atoms with Crippen LogP contribution in [0.5, 0.6) is 0 Å². The van der Waals surface area contributed by atoms with E-state index < -0.39 is 18.1 Å². The number of nitrogens with zero attached hydrogens (tertiary/aromatic N) is 13. The van der Waals surface area contributed by atoms with Gasteiger partial charge in [-0.1, -0.05) is 70.7 Å². The number of aliphatic hydroxyl groups excluding tert-OH is 1. The Morgan fingerprint density at radius 1 is 0.727 bits per heavy atom. The predicted octanol–water partition coefficient (Wildman–Crippen LogP) is -1.94. The van der Waals surface area contributed by atoms with Crippen molar-refractivity contribution >= 4 is 29.7 Å². The SMILES string of the molecule is C#CCOCCOCCOCCNc1nc(N2CCN(C(=O)C(C(C)CC)n3cc(C(N)CO)nn3)CC2)nc(N2CCN(C(=O)C(C(C)CC)n3cc(C(N)CC(C)C)nn3)CC2)n1.[Cl-]. The van der Waals surface area contributed by atoms with Gasteiger partial charge >= 0.3 is 0 Å². The summed E-state index contributed by atoms with van der Waals surface area (Å²) in [5.41, 5.74) is 13.5. The van der Waals surface area contributed by atoms with E-state index in [1.165, 1.54) is 0 Å². The van der Waals surface area contributed by atoms with E-state index in [4.69, 9.17) is 47.1 Å². The number of aliphatic hydroxyl groups is 1. The molecule has 22 nitrogen and oxygen atoms in total. The summed E-state index contributed by atoms with van der Waals surface area (Å²) in [5.74, 6) is 4.12. The minimum Gasteiger partial charge on any atom is -1.00 e. The molecule has 66 heavy (non-hydrogen) atoms. The Kier molecular flexibility index (Phi) is 22.2. The second-order valence-corrected chi connectivity index (χ2v) is 17.2. The minimum atomic E-state index is -0.681. The molecule has 0 saturated carbocycles. The van der Waals surface area contributed by atoms with E-state index in [0.29, 0.717) is 127 Å². The van der Waals surface area contributed by atoms with Gasteiger partial charge in [-0.15, -0.1) is 16.6 Å². The molecule has 2 amide bonds. The lowest BCUT2D eigenvalue weighted by atomic mass is 9.97. The van der Waals surface area contributed by atoms with E-state index in [-0.39, 0.29) is 55.3 Å². The van der Waals surface area contributed by atoms with Crippen molar-refractivity contribution in [3.05, 3.63) is 23.8 Å². The maximum atomic E-state index is 14.2. The zero-order valence-electron chi connectivity index (χ0n) is 39.5. The summed E-state index contributed by atoms with van der Waals surface area (Å²) < 4.78 is 19.8. The van der Waals surface area contributed by atoms with Crippen molar-refractivity contribution in [3.8, 4) is 12.3 Å². The first kappa shape index (κ1) is 53.9. The summed E-state index contributed by atoms with van der Waals surface area (Å²) in [7, 11) is 0.